The van der Waals surface area contributed by atoms with Gasteiger partial charge in [0, 0.05) is 11.1 Å². The average Bonchev–Trinajstić information content (AvgIpc) is 2.25. The van der Waals surface area contributed by atoms with Crippen molar-refractivity contribution in [3.63, 3.8) is 0 Å². The Morgan fingerprint density at radius 1 is 1.25 bits per heavy atom. The number of fused-ring (bicyclic) bond motifs is 2. The fourth-order valence-electron chi connectivity index (χ4n) is 2.87. The Bertz CT molecular complexity index is 294. The fourth-order valence-corrected chi connectivity index (χ4v) is 6.51. The summed E-state index contributed by atoms with van der Waals surface area (Å²) in [6.07, 6.45) is 2.49. The number of rotatable bonds is 0. The Morgan fingerprint density at radius 2 is 1.83 bits per heavy atom. The lowest BCUT2D eigenvalue weighted by atomic mass is 9.88. The molecule has 2 aliphatic rings. The largest absolute Gasteiger partial charge is 0.0727 e. The summed E-state index contributed by atoms with van der Waals surface area (Å²) in [6.45, 7) is 11.8. The maximum Gasteiger partial charge on any atom is 0.00827 e. The Morgan fingerprint density at radius 3 is 2.17 bits per heavy atom. The normalized spacial score (nSPS) is 37.6. The first-order valence-corrected chi connectivity index (χ1v) is 5.96. The van der Waals surface area contributed by atoms with E-state index in [9.17, 15) is 0 Å². The molecule has 0 aliphatic carbocycles. The van der Waals surface area contributed by atoms with E-state index in [1.165, 1.54) is 0 Å². The monoisotopic (exact) mass is 180 g/mol. The summed E-state index contributed by atoms with van der Waals surface area (Å²) in [5.41, 5.74) is 1.65. The molecule has 0 saturated heterocycles. The molecule has 2 bridgehead atoms. The highest BCUT2D eigenvalue weighted by Gasteiger charge is 2.49. The van der Waals surface area contributed by atoms with Crippen LogP contribution < -0.4 is 0 Å². The zero-order valence-electron chi connectivity index (χ0n) is 8.60. The van der Waals surface area contributed by atoms with Crippen molar-refractivity contribution in [1.82, 2.24) is 0 Å². The molecule has 0 N–H and O–H groups in total. The van der Waals surface area contributed by atoms with Crippen molar-refractivity contribution in [3.05, 3.63) is 22.3 Å². The van der Waals surface area contributed by atoms with Crippen LogP contribution in [0.4, 0.5) is 0 Å². The SMILES string of the molecule is CC1=CC2C(C)=C(C)P1C2(C)C. The summed E-state index contributed by atoms with van der Waals surface area (Å²) < 4.78 is 0. The van der Waals surface area contributed by atoms with Crippen LogP contribution in [0.2, 0.25) is 0 Å². The molecule has 0 aromatic carbocycles. The maximum absolute atomic E-state index is 2.49. The van der Waals surface area contributed by atoms with Crippen molar-refractivity contribution in [2.75, 3.05) is 0 Å². The topological polar surface area (TPSA) is 0 Å². The molecule has 2 rings (SSSR count). The standard InChI is InChI=1S/C11H17P/c1-7-6-10-8(2)9(3)12(7)11(10,4)5/h6,10H,1-5H3. The molecule has 0 amide bonds. The van der Waals surface area contributed by atoms with Crippen molar-refractivity contribution in [1.29, 1.82) is 0 Å². The minimum atomic E-state index is 0.0669. The highest BCUT2D eigenvalue weighted by atomic mass is 31.1. The van der Waals surface area contributed by atoms with Gasteiger partial charge in [-0.05, 0) is 39.3 Å². The van der Waals surface area contributed by atoms with E-state index in [-0.39, 0.29) is 7.92 Å². The van der Waals surface area contributed by atoms with E-state index < -0.39 is 0 Å². The molecule has 66 valence electrons. The van der Waals surface area contributed by atoms with Crippen LogP contribution in [-0.4, -0.2) is 5.16 Å². The summed E-state index contributed by atoms with van der Waals surface area (Å²) >= 11 is 0. The molecule has 2 aliphatic heterocycles. The molecule has 1 heteroatoms. The van der Waals surface area contributed by atoms with Crippen LogP contribution in [0.5, 0.6) is 0 Å². The van der Waals surface area contributed by atoms with Gasteiger partial charge in [0.1, 0.15) is 0 Å². The Kier molecular flexibility index (Phi) is 1.58. The van der Waals surface area contributed by atoms with E-state index in [4.69, 9.17) is 0 Å². The van der Waals surface area contributed by atoms with Crippen molar-refractivity contribution in [2.24, 2.45) is 5.92 Å². The van der Waals surface area contributed by atoms with Gasteiger partial charge in [0.15, 0.2) is 0 Å². The second-order valence-corrected chi connectivity index (χ2v) is 7.74. The van der Waals surface area contributed by atoms with E-state index in [1.807, 2.05) is 0 Å². The van der Waals surface area contributed by atoms with Crippen LogP contribution in [0.3, 0.4) is 0 Å². The third kappa shape index (κ3) is 0.773. The van der Waals surface area contributed by atoms with Crippen molar-refractivity contribution in [3.8, 4) is 0 Å². The average molecular weight is 180 g/mol. The first-order valence-electron chi connectivity index (χ1n) is 4.62. The molecule has 2 unspecified atom stereocenters. The molecule has 0 saturated carbocycles. The third-order valence-corrected chi connectivity index (χ3v) is 6.78. The van der Waals surface area contributed by atoms with Crippen molar-refractivity contribution >= 4 is 7.92 Å². The fraction of sp³-hybridized carbons (Fsp3) is 0.636. The van der Waals surface area contributed by atoms with Crippen LogP contribution in [0, 0.1) is 5.92 Å². The lowest BCUT2D eigenvalue weighted by Gasteiger charge is -2.27. The first kappa shape index (κ1) is 8.51. The van der Waals surface area contributed by atoms with Crippen LogP contribution >= 0.6 is 7.92 Å². The third-order valence-electron chi connectivity index (χ3n) is 3.47. The molecular weight excluding hydrogens is 163 g/mol. The molecule has 0 fully saturated rings. The molecule has 2 atom stereocenters. The number of hydrogen-bond acceptors (Lipinski definition) is 0. The van der Waals surface area contributed by atoms with Gasteiger partial charge in [-0.3, -0.25) is 0 Å². The van der Waals surface area contributed by atoms with Crippen LogP contribution in [-0.2, 0) is 0 Å². The van der Waals surface area contributed by atoms with E-state index in [0.717, 1.165) is 5.92 Å². The number of allylic oxidation sites excluding steroid dienone is 4. The smallest absolute Gasteiger partial charge is 0.00827 e. The second kappa shape index (κ2) is 2.23. The quantitative estimate of drug-likeness (QED) is 0.492. The number of hydrogen-bond donors (Lipinski definition) is 0. The molecule has 0 spiro atoms. The predicted octanol–water partition coefficient (Wildman–Crippen LogP) is 4.09. The van der Waals surface area contributed by atoms with Gasteiger partial charge in [0.25, 0.3) is 0 Å². The summed E-state index contributed by atoms with van der Waals surface area (Å²) in [5.74, 6) is 0.753. The van der Waals surface area contributed by atoms with E-state index in [0.29, 0.717) is 5.16 Å². The molecule has 0 aromatic heterocycles. The summed E-state index contributed by atoms with van der Waals surface area (Å²) in [7, 11) is 0.0669. The van der Waals surface area contributed by atoms with Crippen LogP contribution in [0.25, 0.3) is 0 Å². The van der Waals surface area contributed by atoms with Gasteiger partial charge in [-0.15, -0.1) is 0 Å². The van der Waals surface area contributed by atoms with Crippen LogP contribution in [0.15, 0.2) is 22.3 Å². The summed E-state index contributed by atoms with van der Waals surface area (Å²) in [4.78, 5) is 0. The van der Waals surface area contributed by atoms with Crippen molar-refractivity contribution < 1.29 is 0 Å². The van der Waals surface area contributed by atoms with Gasteiger partial charge in [0.2, 0.25) is 0 Å². The van der Waals surface area contributed by atoms with E-state index in [1.54, 1.807) is 16.2 Å². The predicted molar refractivity (Wildman–Crippen MR) is 56.6 cm³/mol. The highest BCUT2D eigenvalue weighted by Crippen LogP contribution is 2.75. The molecule has 2 heterocycles. The molecule has 0 nitrogen and oxygen atoms in total. The molecule has 12 heavy (non-hydrogen) atoms. The minimum Gasteiger partial charge on any atom is -0.0727 e. The van der Waals surface area contributed by atoms with Crippen LogP contribution in [0.1, 0.15) is 34.6 Å². The van der Waals surface area contributed by atoms with E-state index >= 15 is 0 Å². The first-order chi connectivity index (χ1) is 5.46. The van der Waals surface area contributed by atoms with Crippen molar-refractivity contribution in [2.45, 2.75) is 39.8 Å². The lowest BCUT2D eigenvalue weighted by Crippen LogP contribution is -2.19. The van der Waals surface area contributed by atoms with Gasteiger partial charge >= 0.3 is 0 Å². The van der Waals surface area contributed by atoms with Gasteiger partial charge in [-0.1, -0.05) is 25.5 Å². The molecule has 0 radical (unpaired) electrons. The Hall–Kier alpha value is -0.0900. The minimum absolute atomic E-state index is 0.0669. The zero-order chi connectivity index (χ0) is 9.09. The summed E-state index contributed by atoms with van der Waals surface area (Å²) in [6, 6.07) is 0. The summed E-state index contributed by atoms with van der Waals surface area (Å²) in [5, 5.41) is 3.89. The van der Waals surface area contributed by atoms with E-state index in [2.05, 4.69) is 40.7 Å². The maximum atomic E-state index is 2.49. The second-order valence-electron chi connectivity index (χ2n) is 4.54. The van der Waals surface area contributed by atoms with Gasteiger partial charge in [-0.25, -0.2) is 0 Å². The Labute approximate surface area is 76.5 Å². The molecule has 0 aromatic rings. The van der Waals surface area contributed by atoms with Gasteiger partial charge in [0.05, 0.1) is 0 Å². The van der Waals surface area contributed by atoms with Gasteiger partial charge < -0.3 is 0 Å². The van der Waals surface area contributed by atoms with Gasteiger partial charge in [-0.2, -0.15) is 0 Å². The lowest BCUT2D eigenvalue weighted by molar-refractivity contribution is 0.593. The highest BCUT2D eigenvalue weighted by molar-refractivity contribution is 7.68. The zero-order valence-corrected chi connectivity index (χ0v) is 9.50. The molecular formula is C11H17P. The Balaban J connectivity index is 2.51.